The van der Waals surface area contributed by atoms with Gasteiger partial charge in [-0.05, 0) is 24.1 Å². The van der Waals surface area contributed by atoms with Crippen LogP contribution in [-0.2, 0) is 24.6 Å². The van der Waals surface area contributed by atoms with Gasteiger partial charge in [-0.25, -0.2) is 0 Å². The van der Waals surface area contributed by atoms with Gasteiger partial charge in [0.25, 0.3) is 0 Å². The van der Waals surface area contributed by atoms with Crippen molar-refractivity contribution < 1.29 is 28.6 Å². The molecule has 2 N–H and O–H groups in total. The highest BCUT2D eigenvalue weighted by Gasteiger charge is 2.59. The van der Waals surface area contributed by atoms with Gasteiger partial charge >= 0.3 is 0 Å². The molecule has 0 saturated heterocycles. The van der Waals surface area contributed by atoms with Crippen LogP contribution in [0.25, 0.3) is 0 Å². The molecule has 150 valence electrons. The van der Waals surface area contributed by atoms with Gasteiger partial charge in [0.05, 0.1) is 12.2 Å². The third-order valence-corrected chi connectivity index (χ3v) is 5.34. The van der Waals surface area contributed by atoms with Crippen LogP contribution in [0.4, 0.5) is 0 Å². The van der Waals surface area contributed by atoms with E-state index in [9.17, 15) is 14.7 Å². The Morgan fingerprint density at radius 2 is 1.89 bits per heavy atom. The molecule has 1 heterocycles. The average Bonchev–Trinajstić information content (AvgIpc) is 3.19. The van der Waals surface area contributed by atoms with Crippen molar-refractivity contribution in [3.63, 3.8) is 0 Å². The molecule has 1 fully saturated rings. The number of ether oxygens (including phenoxy) is 2. The summed E-state index contributed by atoms with van der Waals surface area (Å²) in [6.45, 7) is 1.37. The summed E-state index contributed by atoms with van der Waals surface area (Å²) in [6, 6.07) is 12.5. The predicted octanol–water partition coefficient (Wildman–Crippen LogP) is 2.11. The molecule has 0 bridgehead atoms. The molecule has 0 aliphatic heterocycles. The maximum absolute atomic E-state index is 13.6. The van der Waals surface area contributed by atoms with E-state index in [1.807, 2.05) is 6.07 Å². The number of nitrogens with one attached hydrogen (secondary N) is 1. The van der Waals surface area contributed by atoms with E-state index < -0.39 is 23.3 Å². The summed E-state index contributed by atoms with van der Waals surface area (Å²) in [5.41, 5.74) is -2.32. The number of methoxy groups -OCH3 is 2. The second kappa shape index (κ2) is 7.87. The molecule has 28 heavy (non-hydrogen) atoms. The Kier molecular flexibility index (Phi) is 5.69. The zero-order valence-electron chi connectivity index (χ0n) is 16.2. The number of Topliss-reactive ketones (excluding diaryl/α,β-unsaturated/α-hetero) is 1. The molecule has 1 aromatic heterocycles. The van der Waals surface area contributed by atoms with Crippen molar-refractivity contribution in [2.45, 2.75) is 43.1 Å². The second-order valence-electron chi connectivity index (χ2n) is 7.13. The first kappa shape index (κ1) is 20.3. The minimum atomic E-state index is -1.57. The number of aliphatic hydroxyl groups is 1. The van der Waals surface area contributed by atoms with Crippen LogP contribution in [0.2, 0.25) is 0 Å². The molecule has 1 amide bonds. The summed E-state index contributed by atoms with van der Waals surface area (Å²) in [5.74, 6) is -0.875. The van der Waals surface area contributed by atoms with Crippen molar-refractivity contribution in [1.29, 1.82) is 0 Å². The Hall–Kier alpha value is -2.48. The zero-order valence-corrected chi connectivity index (χ0v) is 16.2. The Morgan fingerprint density at radius 3 is 2.43 bits per heavy atom. The van der Waals surface area contributed by atoms with Gasteiger partial charge in [-0.1, -0.05) is 30.3 Å². The van der Waals surface area contributed by atoms with Gasteiger partial charge in [0.15, 0.2) is 12.1 Å². The highest BCUT2D eigenvalue weighted by molar-refractivity contribution is 5.96. The molecule has 3 atom stereocenters. The molecule has 7 nitrogen and oxygen atoms in total. The van der Waals surface area contributed by atoms with Gasteiger partial charge in [0.2, 0.25) is 5.91 Å². The highest BCUT2D eigenvalue weighted by atomic mass is 16.7. The van der Waals surface area contributed by atoms with Crippen LogP contribution in [0.3, 0.4) is 0 Å². The van der Waals surface area contributed by atoms with Crippen LogP contribution in [0, 0.1) is 0 Å². The minimum absolute atomic E-state index is 0.0910. The van der Waals surface area contributed by atoms with E-state index >= 15 is 0 Å². The van der Waals surface area contributed by atoms with Crippen LogP contribution in [-0.4, -0.2) is 42.9 Å². The van der Waals surface area contributed by atoms with Crippen molar-refractivity contribution in [2.75, 3.05) is 14.2 Å². The van der Waals surface area contributed by atoms with Crippen molar-refractivity contribution in [3.05, 3.63) is 60.1 Å². The van der Waals surface area contributed by atoms with Crippen LogP contribution in [0.1, 0.15) is 37.0 Å². The maximum atomic E-state index is 13.6. The number of hydrogen-bond donors (Lipinski definition) is 2. The average molecular weight is 387 g/mol. The van der Waals surface area contributed by atoms with Gasteiger partial charge in [-0.15, -0.1) is 0 Å². The molecule has 0 spiro atoms. The lowest BCUT2D eigenvalue weighted by Gasteiger charge is -2.49. The summed E-state index contributed by atoms with van der Waals surface area (Å²) in [4.78, 5) is 25.7. The molecular formula is C21H25NO6. The third-order valence-electron chi connectivity index (χ3n) is 5.34. The fourth-order valence-electron chi connectivity index (χ4n) is 4.28. The first-order chi connectivity index (χ1) is 13.4. The summed E-state index contributed by atoms with van der Waals surface area (Å²) >= 11 is 0. The molecule has 1 saturated carbocycles. The van der Waals surface area contributed by atoms with Crippen LogP contribution < -0.4 is 5.32 Å². The number of furan rings is 1. The molecule has 0 unspecified atom stereocenters. The lowest BCUT2D eigenvalue weighted by Crippen LogP contribution is -2.64. The summed E-state index contributed by atoms with van der Waals surface area (Å²) in [5, 5.41) is 14.1. The third kappa shape index (κ3) is 3.37. The number of ketones is 1. The Bertz CT molecular complexity index is 817. The number of benzene rings is 1. The Morgan fingerprint density at radius 1 is 1.21 bits per heavy atom. The van der Waals surface area contributed by atoms with E-state index in [0.29, 0.717) is 11.3 Å². The van der Waals surface area contributed by atoms with Crippen LogP contribution >= 0.6 is 0 Å². The van der Waals surface area contributed by atoms with E-state index in [1.54, 1.807) is 36.4 Å². The molecule has 1 aliphatic carbocycles. The molecule has 1 aromatic carbocycles. The number of carbonyl (C=O) groups excluding carboxylic acids is 2. The van der Waals surface area contributed by atoms with E-state index in [0.717, 1.165) is 0 Å². The zero-order chi connectivity index (χ0) is 20.4. The van der Waals surface area contributed by atoms with Crippen LogP contribution in [0.15, 0.2) is 53.1 Å². The van der Waals surface area contributed by atoms with Gasteiger partial charge < -0.3 is 24.3 Å². The number of amides is 1. The first-order valence-electron chi connectivity index (χ1n) is 9.06. The van der Waals surface area contributed by atoms with Crippen LogP contribution in [0.5, 0.6) is 0 Å². The van der Waals surface area contributed by atoms with E-state index in [2.05, 4.69) is 5.32 Å². The topological polar surface area (TPSA) is 98.0 Å². The Balaban J connectivity index is 2.20. The largest absolute Gasteiger partial charge is 0.469 e. The fourth-order valence-corrected chi connectivity index (χ4v) is 4.28. The van der Waals surface area contributed by atoms with Crippen molar-refractivity contribution >= 4 is 11.7 Å². The van der Waals surface area contributed by atoms with Gasteiger partial charge in [-0.2, -0.15) is 0 Å². The molecule has 3 rings (SSSR count). The van der Waals surface area contributed by atoms with Gasteiger partial charge in [0.1, 0.15) is 16.9 Å². The minimum Gasteiger partial charge on any atom is -0.469 e. The van der Waals surface area contributed by atoms with Crippen molar-refractivity contribution in [2.24, 2.45) is 0 Å². The Labute approximate surface area is 163 Å². The van der Waals surface area contributed by atoms with E-state index in [-0.39, 0.29) is 24.5 Å². The summed E-state index contributed by atoms with van der Waals surface area (Å²) in [7, 11) is 2.82. The van der Waals surface area contributed by atoms with E-state index in [1.165, 1.54) is 27.4 Å². The van der Waals surface area contributed by atoms with E-state index in [4.69, 9.17) is 13.9 Å². The standard InChI is InChI=1S/C21H25NO6/c1-14(23)22-21(15-8-5-4-6-9-15)16(17-10-7-11-28-17)12-20(25,13-18(21)24)19(26-2)27-3/h4-11,16,19,25H,12-13H2,1-3H3,(H,22,23)/t16-,20+,21-/m1/s1. The smallest absolute Gasteiger partial charge is 0.217 e. The summed E-state index contributed by atoms with van der Waals surface area (Å²) < 4.78 is 16.2. The first-order valence-corrected chi connectivity index (χ1v) is 9.06. The molecule has 1 aliphatic rings. The second-order valence-corrected chi connectivity index (χ2v) is 7.13. The molecule has 0 radical (unpaired) electrons. The quantitative estimate of drug-likeness (QED) is 0.737. The number of carbonyl (C=O) groups is 2. The number of rotatable bonds is 6. The van der Waals surface area contributed by atoms with Crippen molar-refractivity contribution in [1.82, 2.24) is 5.32 Å². The van der Waals surface area contributed by atoms with Gasteiger partial charge in [0, 0.05) is 27.6 Å². The fraction of sp³-hybridized carbons (Fsp3) is 0.429. The number of hydrogen-bond acceptors (Lipinski definition) is 6. The normalized spacial score (nSPS) is 27.8. The van der Waals surface area contributed by atoms with Crippen molar-refractivity contribution in [3.8, 4) is 0 Å². The molecule has 2 aromatic rings. The highest BCUT2D eigenvalue weighted by Crippen LogP contribution is 2.50. The summed E-state index contributed by atoms with van der Waals surface area (Å²) in [6.07, 6.45) is 0.348. The SMILES string of the molecule is COC(OC)[C@@]1(O)CC(=O)[C@@](NC(C)=O)(c2ccccc2)[C@@H](c2ccco2)C1. The predicted molar refractivity (Wildman–Crippen MR) is 100 cm³/mol. The lowest BCUT2D eigenvalue weighted by atomic mass is 9.62. The lowest BCUT2D eigenvalue weighted by molar-refractivity contribution is -0.229. The molecule has 7 heteroatoms. The van der Waals surface area contributed by atoms with Gasteiger partial charge in [-0.3, -0.25) is 9.59 Å². The molecular weight excluding hydrogens is 362 g/mol. The monoisotopic (exact) mass is 387 g/mol. The maximum Gasteiger partial charge on any atom is 0.217 e.